The molecule has 40 heavy (non-hydrogen) atoms. The fourth-order valence-corrected chi connectivity index (χ4v) is 11.8. The summed E-state index contributed by atoms with van der Waals surface area (Å²) in [6, 6.07) is 0. The molecule has 0 unspecified atom stereocenters. The Balaban J connectivity index is 2.08. The summed E-state index contributed by atoms with van der Waals surface area (Å²) in [7, 11) is -7.10. The molecule has 4 N–H and O–H groups in total. The van der Waals surface area contributed by atoms with Crippen molar-refractivity contribution in [3.8, 4) is 9.75 Å². The van der Waals surface area contributed by atoms with Gasteiger partial charge in [0.05, 0.1) is 32.6 Å². The molecule has 0 aliphatic rings. The Morgan fingerprint density at radius 3 is 1.07 bits per heavy atom. The van der Waals surface area contributed by atoms with Crippen molar-refractivity contribution in [1.82, 2.24) is 0 Å². The zero-order valence-corrected chi connectivity index (χ0v) is 28.4. The van der Waals surface area contributed by atoms with Crippen LogP contribution in [0.25, 0.3) is 9.75 Å². The van der Waals surface area contributed by atoms with Crippen LogP contribution in [0.5, 0.6) is 0 Å². The van der Waals surface area contributed by atoms with E-state index < -0.39 is 19.7 Å². The standard InChI is InChI=1S/C30H52N2O4S4/c1-5-7-9-11-13-15-17-19-21-39(33,34)29-23(3)37-27(25(29)31)28-26(32)30(24(4)38-28)40(35,36)22-20-18-16-14-12-10-8-6-2/h5-22,31-32H2,1-4H3. The first-order valence-electron chi connectivity index (χ1n) is 15.2. The number of hydrogen-bond acceptors (Lipinski definition) is 8. The number of rotatable bonds is 21. The highest BCUT2D eigenvalue weighted by molar-refractivity contribution is 7.92. The fraction of sp³-hybridized carbons (Fsp3) is 0.733. The number of sulfone groups is 2. The topological polar surface area (TPSA) is 120 Å². The van der Waals surface area contributed by atoms with Gasteiger partial charge >= 0.3 is 0 Å². The zero-order chi connectivity index (χ0) is 29.8. The monoisotopic (exact) mass is 632 g/mol. The molecule has 0 aliphatic heterocycles. The Morgan fingerprint density at radius 2 is 0.775 bits per heavy atom. The van der Waals surface area contributed by atoms with Gasteiger partial charge in [-0.1, -0.05) is 104 Å². The van der Waals surface area contributed by atoms with Crippen LogP contribution in [0.4, 0.5) is 11.4 Å². The van der Waals surface area contributed by atoms with Crippen LogP contribution >= 0.6 is 22.7 Å². The highest BCUT2D eigenvalue weighted by Crippen LogP contribution is 2.49. The average molecular weight is 633 g/mol. The van der Waals surface area contributed by atoms with Crippen molar-refractivity contribution in [2.45, 2.75) is 140 Å². The van der Waals surface area contributed by atoms with Crippen LogP contribution < -0.4 is 11.5 Å². The number of anilines is 2. The third-order valence-electron chi connectivity index (χ3n) is 7.49. The van der Waals surface area contributed by atoms with Gasteiger partial charge in [0.25, 0.3) is 0 Å². The maximum Gasteiger partial charge on any atom is 0.181 e. The van der Waals surface area contributed by atoms with Gasteiger partial charge in [0.2, 0.25) is 0 Å². The molecule has 6 nitrogen and oxygen atoms in total. The van der Waals surface area contributed by atoms with E-state index in [9.17, 15) is 16.8 Å². The third kappa shape index (κ3) is 10.0. The van der Waals surface area contributed by atoms with Gasteiger partial charge in [-0.3, -0.25) is 0 Å². The maximum absolute atomic E-state index is 13.3. The lowest BCUT2D eigenvalue weighted by Crippen LogP contribution is -2.10. The molecule has 10 heteroatoms. The summed E-state index contributed by atoms with van der Waals surface area (Å²) in [5.74, 6) is 0.140. The normalized spacial score (nSPS) is 12.4. The van der Waals surface area contributed by atoms with E-state index in [1.807, 2.05) is 0 Å². The van der Waals surface area contributed by atoms with Crippen molar-refractivity contribution < 1.29 is 16.8 Å². The van der Waals surface area contributed by atoms with Crippen LogP contribution in [0, 0.1) is 13.8 Å². The van der Waals surface area contributed by atoms with E-state index in [-0.39, 0.29) is 32.7 Å². The Labute approximate surface area is 252 Å². The van der Waals surface area contributed by atoms with Crippen LogP contribution in [0.2, 0.25) is 0 Å². The molecular weight excluding hydrogens is 581 g/mol. The van der Waals surface area contributed by atoms with Crippen molar-refractivity contribution in [3.63, 3.8) is 0 Å². The number of unbranched alkanes of at least 4 members (excludes halogenated alkanes) is 14. The van der Waals surface area contributed by atoms with Gasteiger partial charge < -0.3 is 11.5 Å². The van der Waals surface area contributed by atoms with Gasteiger partial charge in [-0.15, -0.1) is 22.7 Å². The predicted octanol–water partition coefficient (Wildman–Crippen LogP) is 9.09. The lowest BCUT2D eigenvalue weighted by atomic mass is 10.1. The van der Waals surface area contributed by atoms with Crippen LogP contribution in [-0.2, 0) is 19.7 Å². The molecule has 0 radical (unpaired) electrons. The van der Waals surface area contributed by atoms with Gasteiger partial charge in [-0.25, -0.2) is 16.8 Å². The van der Waals surface area contributed by atoms with Gasteiger partial charge in [-0.2, -0.15) is 0 Å². The molecule has 0 amide bonds. The van der Waals surface area contributed by atoms with Crippen molar-refractivity contribution in [2.24, 2.45) is 0 Å². The van der Waals surface area contributed by atoms with E-state index >= 15 is 0 Å². The van der Waals surface area contributed by atoms with Gasteiger partial charge in [0, 0.05) is 9.75 Å². The lowest BCUT2D eigenvalue weighted by Gasteiger charge is -2.07. The van der Waals surface area contributed by atoms with Crippen LogP contribution in [-0.4, -0.2) is 28.3 Å². The molecular formula is C30H52N2O4S4. The second-order valence-corrected chi connectivity index (χ2v) is 17.6. The van der Waals surface area contributed by atoms with Gasteiger partial charge in [-0.05, 0) is 26.7 Å². The molecule has 0 atom stereocenters. The van der Waals surface area contributed by atoms with E-state index in [0.717, 1.165) is 38.5 Å². The largest absolute Gasteiger partial charge is 0.396 e. The minimum Gasteiger partial charge on any atom is -0.396 e. The Hall–Kier alpha value is -1.10. The molecule has 2 heterocycles. The smallest absolute Gasteiger partial charge is 0.181 e. The summed E-state index contributed by atoms with van der Waals surface area (Å²) in [4.78, 5) is 2.74. The predicted molar refractivity (Wildman–Crippen MR) is 175 cm³/mol. The SMILES string of the molecule is CCCCCCCCCCS(=O)(=O)c1c(C)sc(-c2sc(C)c(S(=O)(=O)CCCCCCCCCC)c2N)c1N. The molecule has 0 aromatic carbocycles. The zero-order valence-electron chi connectivity index (χ0n) is 25.1. The average Bonchev–Trinajstić information content (AvgIpc) is 3.36. The molecule has 0 saturated carbocycles. The molecule has 2 aromatic heterocycles. The summed E-state index contributed by atoms with van der Waals surface area (Å²) in [6.45, 7) is 7.92. The van der Waals surface area contributed by atoms with Crippen molar-refractivity contribution in [2.75, 3.05) is 23.0 Å². The van der Waals surface area contributed by atoms with Crippen LogP contribution in [0.1, 0.15) is 126 Å². The first kappa shape index (κ1) is 35.1. The Kier molecular flexibility index (Phi) is 15.0. The minimum atomic E-state index is -3.55. The molecule has 0 spiro atoms. The number of nitrogens with two attached hydrogens (primary N) is 2. The van der Waals surface area contributed by atoms with Crippen molar-refractivity contribution >= 4 is 53.7 Å². The first-order chi connectivity index (χ1) is 19.0. The summed E-state index contributed by atoms with van der Waals surface area (Å²) >= 11 is 2.57. The number of aryl methyl sites for hydroxylation is 2. The van der Waals surface area contributed by atoms with Crippen LogP contribution in [0.15, 0.2) is 9.79 Å². The fourth-order valence-electron chi connectivity index (χ4n) is 5.26. The number of nitrogen functional groups attached to an aromatic ring is 2. The van der Waals surface area contributed by atoms with E-state index in [4.69, 9.17) is 11.5 Å². The van der Waals surface area contributed by atoms with E-state index in [1.54, 1.807) is 13.8 Å². The van der Waals surface area contributed by atoms with E-state index in [0.29, 0.717) is 32.4 Å². The second kappa shape index (κ2) is 17.1. The van der Waals surface area contributed by atoms with E-state index in [1.165, 1.54) is 74.0 Å². The number of hydrogen-bond donors (Lipinski definition) is 2. The summed E-state index contributed by atoms with van der Waals surface area (Å²) in [6.07, 6.45) is 17.2. The molecule has 2 rings (SSSR count). The third-order valence-corrected chi connectivity index (χ3v) is 14.1. The summed E-state index contributed by atoms with van der Waals surface area (Å²) in [5, 5.41) is 0. The first-order valence-corrected chi connectivity index (χ1v) is 20.1. The molecule has 0 aliphatic carbocycles. The Bertz CT molecular complexity index is 1160. The Morgan fingerprint density at radius 1 is 0.500 bits per heavy atom. The maximum atomic E-state index is 13.3. The highest BCUT2D eigenvalue weighted by Gasteiger charge is 2.30. The lowest BCUT2D eigenvalue weighted by molar-refractivity contribution is 0.572. The van der Waals surface area contributed by atoms with E-state index in [2.05, 4.69) is 13.8 Å². The summed E-state index contributed by atoms with van der Waals surface area (Å²) < 4.78 is 53.0. The molecule has 230 valence electrons. The molecule has 0 bridgehead atoms. The van der Waals surface area contributed by atoms with Crippen LogP contribution in [0.3, 0.4) is 0 Å². The van der Waals surface area contributed by atoms with Gasteiger partial charge in [0.15, 0.2) is 19.7 Å². The highest BCUT2D eigenvalue weighted by atomic mass is 32.2. The molecule has 2 aromatic rings. The second-order valence-electron chi connectivity index (χ2n) is 11.0. The molecule has 0 fully saturated rings. The van der Waals surface area contributed by atoms with Crippen molar-refractivity contribution in [3.05, 3.63) is 9.75 Å². The minimum absolute atomic E-state index is 0.0698. The summed E-state index contributed by atoms with van der Waals surface area (Å²) in [5.41, 5.74) is 13.3. The van der Waals surface area contributed by atoms with Gasteiger partial charge in [0.1, 0.15) is 9.79 Å². The van der Waals surface area contributed by atoms with Crippen molar-refractivity contribution in [1.29, 1.82) is 0 Å². The quantitative estimate of drug-likeness (QED) is 0.132. The molecule has 0 saturated heterocycles. The number of thiophene rings is 2.